The molecule has 128 valence electrons. The van der Waals surface area contributed by atoms with Crippen LogP contribution in [0.4, 0.5) is 5.95 Å². The van der Waals surface area contributed by atoms with Crippen LogP contribution in [0.1, 0.15) is 39.5 Å². The lowest BCUT2D eigenvalue weighted by atomic mass is 9.73. The molecule has 0 radical (unpaired) electrons. The quantitative estimate of drug-likeness (QED) is 0.853. The second-order valence-electron chi connectivity index (χ2n) is 7.54. The summed E-state index contributed by atoms with van der Waals surface area (Å²) in [6.07, 6.45) is 8.93. The Morgan fingerprint density at radius 3 is 2.52 bits per heavy atom. The second-order valence-corrected chi connectivity index (χ2v) is 7.54. The van der Waals surface area contributed by atoms with Crippen LogP contribution in [0.2, 0.25) is 0 Å². The molecule has 0 bridgehead atoms. The molecule has 3 heterocycles. The fraction of sp³-hybridized carbons (Fsp3) is 0.778. The topological polar surface area (TPSA) is 41.5 Å². The molecule has 1 spiro atoms. The van der Waals surface area contributed by atoms with Crippen LogP contribution in [0.5, 0.6) is 0 Å². The molecule has 0 unspecified atom stereocenters. The average molecular weight is 318 g/mol. The van der Waals surface area contributed by atoms with Gasteiger partial charge >= 0.3 is 0 Å². The van der Waals surface area contributed by atoms with E-state index in [4.69, 9.17) is 4.74 Å². The van der Waals surface area contributed by atoms with Gasteiger partial charge in [-0.1, -0.05) is 0 Å². The van der Waals surface area contributed by atoms with Gasteiger partial charge in [0.05, 0.1) is 12.7 Å². The van der Waals surface area contributed by atoms with E-state index < -0.39 is 0 Å². The van der Waals surface area contributed by atoms with Gasteiger partial charge in [-0.05, 0) is 58.1 Å². The van der Waals surface area contributed by atoms with Gasteiger partial charge in [-0.25, -0.2) is 9.97 Å². The summed E-state index contributed by atoms with van der Waals surface area (Å²) in [5, 5.41) is 0. The zero-order valence-corrected chi connectivity index (χ0v) is 14.7. The number of aromatic nitrogens is 2. The SMILES string of the molecule is CC(C)N(C)C[C@H]1CCC2(CCN(c3ncccn3)CC2)CO1. The molecule has 1 aromatic rings. The average Bonchev–Trinajstić information content (AvgIpc) is 2.58. The Morgan fingerprint density at radius 1 is 1.26 bits per heavy atom. The highest BCUT2D eigenvalue weighted by Crippen LogP contribution is 2.41. The first-order chi connectivity index (χ1) is 11.1. The van der Waals surface area contributed by atoms with Crippen molar-refractivity contribution in [2.75, 3.05) is 38.2 Å². The molecule has 3 rings (SSSR count). The van der Waals surface area contributed by atoms with E-state index in [0.717, 1.165) is 32.2 Å². The molecular formula is C18H30N4O. The van der Waals surface area contributed by atoms with Crippen molar-refractivity contribution < 1.29 is 4.74 Å². The summed E-state index contributed by atoms with van der Waals surface area (Å²) in [5.41, 5.74) is 0.387. The van der Waals surface area contributed by atoms with Crippen LogP contribution in [0.25, 0.3) is 0 Å². The van der Waals surface area contributed by atoms with E-state index in [0.29, 0.717) is 17.6 Å². The molecule has 0 saturated carbocycles. The first-order valence-electron chi connectivity index (χ1n) is 8.92. The van der Waals surface area contributed by atoms with Crippen molar-refractivity contribution in [3.05, 3.63) is 18.5 Å². The van der Waals surface area contributed by atoms with E-state index in [-0.39, 0.29) is 0 Å². The van der Waals surface area contributed by atoms with E-state index in [1.54, 1.807) is 0 Å². The minimum atomic E-state index is 0.387. The summed E-state index contributed by atoms with van der Waals surface area (Å²) in [4.78, 5) is 13.4. The van der Waals surface area contributed by atoms with Gasteiger partial charge in [0.2, 0.25) is 5.95 Å². The molecule has 0 aromatic carbocycles. The Bertz CT molecular complexity index is 475. The van der Waals surface area contributed by atoms with Crippen molar-refractivity contribution in [3.63, 3.8) is 0 Å². The molecule has 5 nitrogen and oxygen atoms in total. The van der Waals surface area contributed by atoms with Gasteiger partial charge in [-0.2, -0.15) is 0 Å². The van der Waals surface area contributed by atoms with E-state index in [2.05, 4.69) is 40.7 Å². The highest BCUT2D eigenvalue weighted by atomic mass is 16.5. The molecule has 2 aliphatic heterocycles. The van der Waals surface area contributed by atoms with Crippen LogP contribution in [-0.2, 0) is 4.74 Å². The van der Waals surface area contributed by atoms with E-state index >= 15 is 0 Å². The predicted octanol–water partition coefficient (Wildman–Crippen LogP) is 2.58. The Labute approximate surface area is 140 Å². The van der Waals surface area contributed by atoms with Gasteiger partial charge in [0, 0.05) is 38.1 Å². The first kappa shape index (κ1) is 16.7. The number of anilines is 1. The lowest BCUT2D eigenvalue weighted by Crippen LogP contribution is -2.48. The van der Waals surface area contributed by atoms with Crippen molar-refractivity contribution in [2.24, 2.45) is 5.41 Å². The molecule has 23 heavy (non-hydrogen) atoms. The summed E-state index contributed by atoms with van der Waals surface area (Å²) in [6, 6.07) is 2.46. The fourth-order valence-corrected chi connectivity index (χ4v) is 3.62. The van der Waals surface area contributed by atoms with Crippen molar-refractivity contribution in [1.82, 2.24) is 14.9 Å². The highest BCUT2D eigenvalue weighted by Gasteiger charge is 2.39. The summed E-state index contributed by atoms with van der Waals surface area (Å²) in [5.74, 6) is 0.871. The van der Waals surface area contributed by atoms with E-state index in [9.17, 15) is 0 Å². The monoisotopic (exact) mass is 318 g/mol. The Balaban J connectivity index is 1.48. The molecular weight excluding hydrogens is 288 g/mol. The molecule has 2 saturated heterocycles. The van der Waals surface area contributed by atoms with E-state index in [1.165, 1.54) is 25.7 Å². The van der Waals surface area contributed by atoms with Gasteiger partial charge < -0.3 is 14.5 Å². The molecule has 1 atom stereocenters. The van der Waals surface area contributed by atoms with Gasteiger partial charge in [-0.3, -0.25) is 0 Å². The lowest BCUT2D eigenvalue weighted by Gasteiger charge is -2.46. The Morgan fingerprint density at radius 2 is 1.96 bits per heavy atom. The van der Waals surface area contributed by atoms with Crippen LogP contribution in [0.3, 0.4) is 0 Å². The second kappa shape index (κ2) is 7.14. The molecule has 0 amide bonds. The zero-order chi connectivity index (χ0) is 16.3. The number of likely N-dealkylation sites (N-methyl/N-ethyl adjacent to an activating group) is 1. The standard InChI is InChI=1S/C18H30N4O/c1-15(2)21(3)13-16-5-6-18(14-23-16)7-11-22(12-8-18)17-19-9-4-10-20-17/h4,9-10,15-16H,5-8,11-14H2,1-3H3/t16-/m1/s1. The predicted molar refractivity (Wildman–Crippen MR) is 92.7 cm³/mol. The summed E-state index contributed by atoms with van der Waals surface area (Å²) < 4.78 is 6.24. The minimum absolute atomic E-state index is 0.387. The number of ether oxygens (including phenoxy) is 1. The maximum atomic E-state index is 6.24. The smallest absolute Gasteiger partial charge is 0.225 e. The summed E-state index contributed by atoms with van der Waals surface area (Å²) >= 11 is 0. The van der Waals surface area contributed by atoms with Crippen molar-refractivity contribution in [3.8, 4) is 0 Å². The maximum Gasteiger partial charge on any atom is 0.225 e. The number of hydrogen-bond acceptors (Lipinski definition) is 5. The molecule has 1 aromatic heterocycles. The molecule has 0 aliphatic carbocycles. The van der Waals surface area contributed by atoms with Crippen molar-refractivity contribution >= 4 is 5.95 Å². The van der Waals surface area contributed by atoms with Crippen LogP contribution in [-0.4, -0.2) is 60.3 Å². The summed E-state index contributed by atoms with van der Waals surface area (Å²) in [7, 11) is 2.19. The van der Waals surface area contributed by atoms with Crippen LogP contribution >= 0.6 is 0 Å². The minimum Gasteiger partial charge on any atom is -0.376 e. The number of rotatable bonds is 4. The highest BCUT2D eigenvalue weighted by molar-refractivity contribution is 5.29. The van der Waals surface area contributed by atoms with E-state index in [1.807, 2.05) is 18.5 Å². The Hall–Kier alpha value is -1.20. The maximum absolute atomic E-state index is 6.24. The zero-order valence-electron chi connectivity index (χ0n) is 14.7. The molecule has 2 aliphatic rings. The van der Waals surface area contributed by atoms with Gasteiger partial charge in [0.1, 0.15) is 0 Å². The summed E-state index contributed by atoms with van der Waals surface area (Å²) in [6.45, 7) is 8.55. The van der Waals surface area contributed by atoms with Gasteiger partial charge in [0.15, 0.2) is 0 Å². The van der Waals surface area contributed by atoms with Gasteiger partial charge in [0.25, 0.3) is 0 Å². The molecule has 2 fully saturated rings. The number of hydrogen-bond donors (Lipinski definition) is 0. The van der Waals surface area contributed by atoms with Crippen LogP contribution < -0.4 is 4.90 Å². The third kappa shape index (κ3) is 4.01. The largest absolute Gasteiger partial charge is 0.376 e. The van der Waals surface area contributed by atoms with Crippen LogP contribution in [0, 0.1) is 5.41 Å². The first-order valence-corrected chi connectivity index (χ1v) is 8.92. The molecule has 0 N–H and O–H groups in total. The van der Waals surface area contributed by atoms with Crippen molar-refractivity contribution in [2.45, 2.75) is 51.7 Å². The van der Waals surface area contributed by atoms with Crippen LogP contribution in [0.15, 0.2) is 18.5 Å². The third-order valence-electron chi connectivity index (χ3n) is 5.65. The normalized spacial score (nSPS) is 24.6. The third-order valence-corrected chi connectivity index (χ3v) is 5.65. The number of nitrogens with zero attached hydrogens (tertiary/aromatic N) is 4. The van der Waals surface area contributed by atoms with Gasteiger partial charge in [-0.15, -0.1) is 0 Å². The van der Waals surface area contributed by atoms with Crippen molar-refractivity contribution in [1.29, 1.82) is 0 Å². The Kier molecular flexibility index (Phi) is 5.17. The number of piperidine rings is 1. The molecule has 5 heteroatoms. The lowest BCUT2D eigenvalue weighted by molar-refractivity contribution is -0.0821. The fourth-order valence-electron chi connectivity index (χ4n) is 3.62.